The summed E-state index contributed by atoms with van der Waals surface area (Å²) in [6, 6.07) is 12.3. The van der Waals surface area contributed by atoms with Crippen LogP contribution >= 0.6 is 11.6 Å². The van der Waals surface area contributed by atoms with Crippen molar-refractivity contribution in [2.45, 2.75) is 31.2 Å². The highest BCUT2D eigenvalue weighted by Crippen LogP contribution is 2.37. The van der Waals surface area contributed by atoms with E-state index in [-0.39, 0.29) is 23.3 Å². The zero-order valence-corrected chi connectivity index (χ0v) is 18.3. The Balaban J connectivity index is 1.51. The number of benzene rings is 2. The molecule has 0 N–H and O–H groups in total. The summed E-state index contributed by atoms with van der Waals surface area (Å²) < 4.78 is 45.2. The lowest BCUT2D eigenvalue weighted by Crippen LogP contribution is -2.59. The van der Waals surface area contributed by atoms with E-state index in [1.807, 2.05) is 6.07 Å². The number of para-hydroxylation sites is 1. The van der Waals surface area contributed by atoms with Gasteiger partial charge >= 0.3 is 6.18 Å². The molecule has 0 radical (unpaired) electrons. The minimum absolute atomic E-state index is 0.126. The number of nitrogens with zero attached hydrogens (tertiary/aromatic N) is 1. The van der Waals surface area contributed by atoms with Crippen LogP contribution in [0, 0.1) is 5.92 Å². The van der Waals surface area contributed by atoms with Gasteiger partial charge in [0.25, 0.3) is 0 Å². The number of rotatable bonds is 5. The van der Waals surface area contributed by atoms with Crippen LogP contribution in [0.3, 0.4) is 0 Å². The molecule has 4 rings (SSSR count). The van der Waals surface area contributed by atoms with E-state index in [0.717, 1.165) is 12.1 Å². The summed E-state index contributed by atoms with van der Waals surface area (Å²) in [5, 5.41) is 0.265. The molecule has 4 nitrogen and oxygen atoms in total. The van der Waals surface area contributed by atoms with Crippen molar-refractivity contribution in [2.75, 3.05) is 11.5 Å². The molecule has 2 aromatic rings. The second-order valence-electron chi connectivity index (χ2n) is 8.03. The van der Waals surface area contributed by atoms with Crippen LogP contribution in [0.4, 0.5) is 18.9 Å². The van der Waals surface area contributed by atoms with Gasteiger partial charge in [0, 0.05) is 10.7 Å². The Morgan fingerprint density at radius 2 is 1.76 bits per heavy atom. The number of carbonyl (C=O) groups is 2. The highest BCUT2D eigenvalue weighted by molar-refractivity contribution is 6.31. The normalized spacial score (nSPS) is 20.0. The number of allylic oxidation sites excluding steroid dienone is 2. The number of carbonyl (C=O) groups excluding carboxylic acids is 2. The maximum Gasteiger partial charge on any atom is 0.416 e. The monoisotopic (exact) mass is 475 g/mol. The van der Waals surface area contributed by atoms with Gasteiger partial charge in [-0.15, -0.1) is 0 Å². The first-order valence-corrected chi connectivity index (χ1v) is 10.9. The molecule has 8 heteroatoms. The summed E-state index contributed by atoms with van der Waals surface area (Å²) in [5.41, 5.74) is -0.921. The molecule has 1 saturated heterocycles. The van der Waals surface area contributed by atoms with E-state index in [9.17, 15) is 22.8 Å². The first kappa shape index (κ1) is 23.3. The summed E-state index contributed by atoms with van der Waals surface area (Å²) in [6.45, 7) is 0.126. The molecule has 1 unspecified atom stereocenters. The number of hydrogen-bond acceptors (Lipinski definition) is 3. The van der Waals surface area contributed by atoms with Crippen LogP contribution in [0.25, 0.3) is 0 Å². The number of ketones is 1. The van der Waals surface area contributed by atoms with Gasteiger partial charge in [0.2, 0.25) is 5.91 Å². The Morgan fingerprint density at radius 3 is 2.42 bits per heavy atom. The zero-order chi connectivity index (χ0) is 23.6. The molecule has 1 heterocycles. The molecule has 1 amide bonds. The van der Waals surface area contributed by atoms with Crippen molar-refractivity contribution in [1.82, 2.24) is 0 Å². The molecule has 0 aromatic heterocycles. The van der Waals surface area contributed by atoms with Crippen molar-refractivity contribution in [2.24, 2.45) is 5.92 Å². The third-order valence-corrected chi connectivity index (χ3v) is 6.16. The minimum Gasteiger partial charge on any atom is -0.347 e. The Morgan fingerprint density at radius 1 is 1.06 bits per heavy atom. The van der Waals surface area contributed by atoms with Gasteiger partial charge in [-0.2, -0.15) is 13.2 Å². The van der Waals surface area contributed by atoms with Crippen LogP contribution in [0.15, 0.2) is 72.8 Å². The van der Waals surface area contributed by atoms with Crippen LogP contribution in [-0.2, 0) is 26.9 Å². The van der Waals surface area contributed by atoms with Crippen LogP contribution in [-0.4, -0.2) is 24.0 Å². The summed E-state index contributed by atoms with van der Waals surface area (Å²) >= 11 is 6.10. The molecule has 1 spiro atoms. The molecule has 1 aliphatic heterocycles. The molecule has 0 saturated carbocycles. The number of anilines is 1. The molecule has 1 aliphatic carbocycles. The molecule has 172 valence electrons. The van der Waals surface area contributed by atoms with Crippen LogP contribution < -0.4 is 4.90 Å². The van der Waals surface area contributed by atoms with E-state index in [0.29, 0.717) is 30.5 Å². The van der Waals surface area contributed by atoms with Gasteiger partial charge in [-0.05, 0) is 79.5 Å². The predicted molar refractivity (Wildman–Crippen MR) is 119 cm³/mol. The second-order valence-corrected chi connectivity index (χ2v) is 8.44. The fraction of sp³-hybridized carbons (Fsp3) is 0.280. The smallest absolute Gasteiger partial charge is 0.347 e. The van der Waals surface area contributed by atoms with Gasteiger partial charge in [0.1, 0.15) is 0 Å². The molecule has 1 atom stereocenters. The van der Waals surface area contributed by atoms with Gasteiger partial charge in [0.05, 0.1) is 18.1 Å². The van der Waals surface area contributed by atoms with Crippen molar-refractivity contribution in [3.05, 3.63) is 89.0 Å². The average Bonchev–Trinajstić information content (AvgIpc) is 2.78. The van der Waals surface area contributed by atoms with E-state index in [1.54, 1.807) is 36.4 Å². The summed E-state index contributed by atoms with van der Waals surface area (Å²) in [6.07, 6.45) is 2.62. The lowest BCUT2D eigenvalue weighted by molar-refractivity contribution is -0.138. The van der Waals surface area contributed by atoms with Crippen LogP contribution in [0.1, 0.15) is 24.0 Å². The third-order valence-electron chi connectivity index (χ3n) is 5.79. The fourth-order valence-corrected chi connectivity index (χ4v) is 4.29. The number of alkyl halides is 3. The predicted octanol–water partition coefficient (Wildman–Crippen LogP) is 5.75. The molecule has 2 aliphatic rings. The second kappa shape index (κ2) is 9.15. The van der Waals surface area contributed by atoms with Gasteiger partial charge in [-0.25, -0.2) is 0 Å². The maximum absolute atomic E-state index is 13.5. The molecule has 0 bridgehead atoms. The first-order valence-electron chi connectivity index (χ1n) is 10.5. The van der Waals surface area contributed by atoms with E-state index in [1.165, 1.54) is 23.1 Å². The lowest BCUT2D eigenvalue weighted by Gasteiger charge is -2.46. The zero-order valence-electron chi connectivity index (χ0n) is 17.5. The van der Waals surface area contributed by atoms with Gasteiger partial charge < -0.3 is 4.74 Å². The largest absolute Gasteiger partial charge is 0.416 e. The lowest BCUT2D eigenvalue weighted by atomic mass is 9.92. The fourth-order valence-electron chi connectivity index (χ4n) is 4.08. The number of aryl methyl sites for hydroxylation is 1. The van der Waals surface area contributed by atoms with Crippen LogP contribution in [0.2, 0.25) is 5.02 Å². The number of ether oxygens (including phenoxy) is 1. The van der Waals surface area contributed by atoms with Crippen molar-refractivity contribution in [3.8, 4) is 0 Å². The van der Waals surface area contributed by atoms with Crippen molar-refractivity contribution < 1.29 is 27.5 Å². The highest BCUT2D eigenvalue weighted by Gasteiger charge is 2.46. The molecular weight excluding hydrogens is 455 g/mol. The highest BCUT2D eigenvalue weighted by atomic mass is 35.5. The topological polar surface area (TPSA) is 46.6 Å². The van der Waals surface area contributed by atoms with Crippen molar-refractivity contribution >= 4 is 29.0 Å². The number of hydrogen-bond donors (Lipinski definition) is 0. The number of amides is 1. The molecular formula is C25H21ClF3NO3. The van der Waals surface area contributed by atoms with E-state index in [4.69, 9.17) is 16.3 Å². The van der Waals surface area contributed by atoms with E-state index in [2.05, 4.69) is 0 Å². The molecule has 2 aromatic carbocycles. The van der Waals surface area contributed by atoms with Crippen LogP contribution in [0.5, 0.6) is 0 Å². The van der Waals surface area contributed by atoms with E-state index < -0.39 is 23.4 Å². The van der Waals surface area contributed by atoms with Crippen molar-refractivity contribution in [3.63, 3.8) is 0 Å². The summed E-state index contributed by atoms with van der Waals surface area (Å²) in [7, 11) is 0. The van der Waals surface area contributed by atoms with Crippen molar-refractivity contribution in [1.29, 1.82) is 0 Å². The molecule has 33 heavy (non-hydrogen) atoms. The Labute approximate surface area is 194 Å². The number of halogens is 4. The SMILES string of the molecule is O=C1C=CC2(C=C1)OCC(CCCc1cc(C(F)(F)F)ccc1Cl)C(=O)N2c1ccccc1. The Kier molecular flexibility index (Phi) is 6.45. The summed E-state index contributed by atoms with van der Waals surface area (Å²) in [5.74, 6) is -0.851. The standard InChI is InChI=1S/C25H21ClF3NO3/c26-22-10-9-19(25(27,28)29)15-17(22)5-4-6-18-16-33-24(13-11-21(31)12-14-24)30(23(18)32)20-7-2-1-3-8-20/h1-3,7-15,18H,4-6,16H2. The average molecular weight is 476 g/mol. The first-order chi connectivity index (χ1) is 15.7. The Hall–Kier alpha value is -2.90. The van der Waals surface area contributed by atoms with Gasteiger partial charge in [-0.1, -0.05) is 29.8 Å². The Bertz CT molecular complexity index is 1100. The van der Waals surface area contributed by atoms with Gasteiger partial charge in [0.15, 0.2) is 11.5 Å². The summed E-state index contributed by atoms with van der Waals surface area (Å²) in [4.78, 5) is 26.7. The van der Waals surface area contributed by atoms with Gasteiger partial charge in [-0.3, -0.25) is 14.5 Å². The minimum atomic E-state index is -4.45. The third kappa shape index (κ3) is 4.89. The van der Waals surface area contributed by atoms with E-state index >= 15 is 0 Å². The maximum atomic E-state index is 13.5. The quantitative estimate of drug-likeness (QED) is 0.553. The molecule has 1 fully saturated rings.